The molecule has 5 nitrogen and oxygen atoms in total. The molecule has 0 bridgehead atoms. The average Bonchev–Trinajstić information content (AvgIpc) is 3.07. The first kappa shape index (κ1) is 13.9. The normalized spacial score (nSPS) is 10.2. The van der Waals surface area contributed by atoms with Crippen molar-refractivity contribution >= 4 is 17.6 Å². The summed E-state index contributed by atoms with van der Waals surface area (Å²) in [6.07, 6.45) is 1.49. The van der Waals surface area contributed by atoms with E-state index in [1.807, 2.05) is 60.7 Å². The van der Waals surface area contributed by atoms with Crippen molar-refractivity contribution in [2.75, 3.05) is 10.2 Å². The number of para-hydroxylation sites is 1. The number of nitrogens with zero attached hydrogens (tertiary/aromatic N) is 2. The predicted molar refractivity (Wildman–Crippen MR) is 84.6 cm³/mol. The average molecular weight is 293 g/mol. The topological polar surface area (TPSA) is 58.4 Å². The van der Waals surface area contributed by atoms with Crippen molar-refractivity contribution in [2.45, 2.75) is 6.54 Å². The number of carbonyl (C=O) groups excluding carboxylic acids is 1. The van der Waals surface area contributed by atoms with E-state index in [1.165, 1.54) is 6.20 Å². The van der Waals surface area contributed by atoms with Crippen molar-refractivity contribution in [2.24, 2.45) is 0 Å². The van der Waals surface area contributed by atoms with Gasteiger partial charge in [-0.25, -0.2) is 4.79 Å². The van der Waals surface area contributed by atoms with Gasteiger partial charge in [0.2, 0.25) is 5.88 Å². The highest BCUT2D eigenvalue weighted by Gasteiger charge is 2.17. The molecule has 110 valence electrons. The summed E-state index contributed by atoms with van der Waals surface area (Å²) in [5.74, 6) is 0.319. The lowest BCUT2D eigenvalue weighted by Gasteiger charge is -2.22. The summed E-state index contributed by atoms with van der Waals surface area (Å²) in [6, 6.07) is 20.6. The largest absolute Gasteiger partial charge is 0.338 e. The molecule has 0 aliphatic rings. The van der Waals surface area contributed by atoms with Crippen molar-refractivity contribution in [3.63, 3.8) is 0 Å². The lowest BCUT2D eigenvalue weighted by molar-refractivity contribution is 0.255. The molecular formula is C17H15N3O2. The highest BCUT2D eigenvalue weighted by Crippen LogP contribution is 2.18. The van der Waals surface area contributed by atoms with E-state index in [4.69, 9.17) is 4.52 Å². The van der Waals surface area contributed by atoms with Crippen LogP contribution in [0.4, 0.5) is 16.4 Å². The zero-order valence-corrected chi connectivity index (χ0v) is 11.8. The highest BCUT2D eigenvalue weighted by atomic mass is 16.5. The van der Waals surface area contributed by atoms with Crippen LogP contribution in [-0.2, 0) is 6.54 Å². The van der Waals surface area contributed by atoms with Crippen LogP contribution in [0.2, 0.25) is 0 Å². The number of hydrogen-bond acceptors (Lipinski definition) is 3. The Kier molecular flexibility index (Phi) is 4.15. The molecule has 1 N–H and O–H groups in total. The molecule has 1 heterocycles. The standard InChI is InChI=1S/C17H15N3O2/c21-17(19-16-11-12-18-22-16)20(15-9-5-2-6-10-15)13-14-7-3-1-4-8-14/h1-12H,13H2,(H,19,21). The van der Waals surface area contributed by atoms with Gasteiger partial charge in [-0.3, -0.25) is 10.2 Å². The van der Waals surface area contributed by atoms with Crippen LogP contribution in [0, 0.1) is 0 Å². The van der Waals surface area contributed by atoms with Gasteiger partial charge in [0.25, 0.3) is 0 Å². The second-order valence-electron chi connectivity index (χ2n) is 4.71. The lowest BCUT2D eigenvalue weighted by Crippen LogP contribution is -2.34. The van der Waals surface area contributed by atoms with Gasteiger partial charge in [0, 0.05) is 11.8 Å². The van der Waals surface area contributed by atoms with Crippen molar-refractivity contribution in [3.05, 3.63) is 78.5 Å². The SMILES string of the molecule is O=C(Nc1ccno1)N(Cc1ccccc1)c1ccccc1. The van der Waals surface area contributed by atoms with Gasteiger partial charge in [-0.2, -0.15) is 0 Å². The number of carbonyl (C=O) groups is 1. The minimum atomic E-state index is -0.271. The lowest BCUT2D eigenvalue weighted by atomic mass is 10.2. The molecule has 0 radical (unpaired) electrons. The summed E-state index contributed by atoms with van der Waals surface area (Å²) in [7, 11) is 0. The van der Waals surface area contributed by atoms with Gasteiger partial charge in [0.05, 0.1) is 12.7 Å². The van der Waals surface area contributed by atoms with Crippen molar-refractivity contribution < 1.29 is 9.32 Å². The molecule has 0 aliphatic carbocycles. The molecule has 0 atom stereocenters. The smallest absolute Gasteiger partial charge is 0.329 e. The predicted octanol–water partition coefficient (Wildman–Crippen LogP) is 3.91. The molecule has 3 rings (SSSR count). The van der Waals surface area contributed by atoms with Crippen LogP contribution < -0.4 is 10.2 Å². The van der Waals surface area contributed by atoms with E-state index in [0.29, 0.717) is 12.4 Å². The van der Waals surface area contributed by atoms with Crippen LogP contribution in [-0.4, -0.2) is 11.2 Å². The van der Waals surface area contributed by atoms with Crippen LogP contribution in [0.25, 0.3) is 0 Å². The highest BCUT2D eigenvalue weighted by molar-refractivity contribution is 6.00. The number of urea groups is 1. The Morgan fingerprint density at radius 1 is 1.00 bits per heavy atom. The number of nitrogens with one attached hydrogen (secondary N) is 1. The molecule has 5 heteroatoms. The number of amides is 2. The minimum absolute atomic E-state index is 0.271. The molecular weight excluding hydrogens is 278 g/mol. The van der Waals surface area contributed by atoms with Crippen molar-refractivity contribution in [3.8, 4) is 0 Å². The maximum absolute atomic E-state index is 12.5. The molecule has 2 aromatic carbocycles. The van der Waals surface area contributed by atoms with Crippen LogP contribution in [0.3, 0.4) is 0 Å². The van der Waals surface area contributed by atoms with Crippen LogP contribution in [0.15, 0.2) is 77.4 Å². The Labute approximate surface area is 128 Å². The molecule has 0 unspecified atom stereocenters. The molecule has 0 spiro atoms. The molecule has 0 fully saturated rings. The van der Waals surface area contributed by atoms with Crippen molar-refractivity contribution in [1.82, 2.24) is 5.16 Å². The molecule has 2 amide bonds. The summed E-state index contributed by atoms with van der Waals surface area (Å²) in [5.41, 5.74) is 1.85. The van der Waals surface area contributed by atoms with Gasteiger partial charge in [0.15, 0.2) is 0 Å². The van der Waals surface area contributed by atoms with Gasteiger partial charge in [-0.05, 0) is 17.7 Å². The fourth-order valence-electron chi connectivity index (χ4n) is 2.11. The molecule has 22 heavy (non-hydrogen) atoms. The number of hydrogen-bond donors (Lipinski definition) is 1. The number of rotatable bonds is 4. The fraction of sp³-hybridized carbons (Fsp3) is 0.0588. The van der Waals surface area contributed by atoms with Gasteiger partial charge < -0.3 is 4.52 Å². The van der Waals surface area contributed by atoms with Gasteiger partial charge in [-0.15, -0.1) is 0 Å². The fourth-order valence-corrected chi connectivity index (χ4v) is 2.11. The first-order valence-corrected chi connectivity index (χ1v) is 6.91. The molecule has 0 saturated carbocycles. The monoisotopic (exact) mass is 293 g/mol. The summed E-state index contributed by atoms with van der Waals surface area (Å²) in [6.45, 7) is 0.463. The van der Waals surface area contributed by atoms with Crippen LogP contribution in [0.1, 0.15) is 5.56 Å². The molecule has 1 aromatic heterocycles. The molecule has 3 aromatic rings. The van der Waals surface area contributed by atoms with E-state index in [9.17, 15) is 4.79 Å². The van der Waals surface area contributed by atoms with E-state index in [2.05, 4.69) is 10.5 Å². The van der Waals surface area contributed by atoms with E-state index in [-0.39, 0.29) is 6.03 Å². The van der Waals surface area contributed by atoms with Crippen LogP contribution >= 0.6 is 0 Å². The quantitative estimate of drug-likeness (QED) is 0.793. The molecule has 0 saturated heterocycles. The Morgan fingerprint density at radius 3 is 2.32 bits per heavy atom. The third-order valence-electron chi connectivity index (χ3n) is 3.16. The summed E-state index contributed by atoms with van der Waals surface area (Å²) >= 11 is 0. The number of anilines is 2. The Bertz CT molecular complexity index is 712. The Hall–Kier alpha value is -3.08. The third-order valence-corrected chi connectivity index (χ3v) is 3.16. The minimum Gasteiger partial charge on any atom is -0.338 e. The van der Waals surface area contributed by atoms with Gasteiger partial charge >= 0.3 is 6.03 Å². The van der Waals surface area contributed by atoms with E-state index < -0.39 is 0 Å². The third kappa shape index (κ3) is 3.32. The Morgan fingerprint density at radius 2 is 1.68 bits per heavy atom. The zero-order valence-electron chi connectivity index (χ0n) is 11.8. The second kappa shape index (κ2) is 6.58. The summed E-state index contributed by atoms with van der Waals surface area (Å²) in [5, 5.41) is 6.28. The second-order valence-corrected chi connectivity index (χ2v) is 4.71. The Balaban J connectivity index is 1.84. The summed E-state index contributed by atoms with van der Waals surface area (Å²) < 4.78 is 4.93. The van der Waals surface area contributed by atoms with E-state index in [1.54, 1.807) is 11.0 Å². The maximum Gasteiger partial charge on any atom is 0.329 e. The van der Waals surface area contributed by atoms with Gasteiger partial charge in [-0.1, -0.05) is 53.7 Å². The van der Waals surface area contributed by atoms with Crippen molar-refractivity contribution in [1.29, 1.82) is 0 Å². The first-order valence-electron chi connectivity index (χ1n) is 6.91. The first-order chi connectivity index (χ1) is 10.8. The van der Waals surface area contributed by atoms with Gasteiger partial charge in [0.1, 0.15) is 0 Å². The number of benzene rings is 2. The number of aromatic nitrogens is 1. The van der Waals surface area contributed by atoms with E-state index in [0.717, 1.165) is 11.3 Å². The maximum atomic E-state index is 12.5. The van der Waals surface area contributed by atoms with Crippen LogP contribution in [0.5, 0.6) is 0 Å². The zero-order chi connectivity index (χ0) is 15.2. The van der Waals surface area contributed by atoms with E-state index >= 15 is 0 Å². The summed E-state index contributed by atoms with van der Waals surface area (Å²) in [4.78, 5) is 14.2. The molecule has 0 aliphatic heterocycles.